The van der Waals surface area contributed by atoms with Crippen molar-refractivity contribution in [3.8, 4) is 11.5 Å². The second kappa shape index (κ2) is 6.06. The molecule has 0 aliphatic heterocycles. The van der Waals surface area contributed by atoms with Gasteiger partial charge in [-0.25, -0.2) is 0 Å². The minimum atomic E-state index is -3.66. The lowest BCUT2D eigenvalue weighted by atomic mass is 10.1. The molecular formula is C15H19O5P. The van der Waals surface area contributed by atoms with Gasteiger partial charge in [0.1, 0.15) is 16.8 Å². The number of phenols is 2. The third kappa shape index (κ3) is 2.91. The maximum absolute atomic E-state index is 12.8. The van der Waals surface area contributed by atoms with Gasteiger partial charge in [-0.1, -0.05) is 17.7 Å². The van der Waals surface area contributed by atoms with Gasteiger partial charge in [-0.15, -0.1) is 0 Å². The average molecular weight is 310 g/mol. The highest BCUT2D eigenvalue weighted by atomic mass is 31.2. The van der Waals surface area contributed by atoms with Crippen molar-refractivity contribution in [2.75, 3.05) is 13.2 Å². The smallest absolute Gasteiger partial charge is 0.365 e. The third-order valence-electron chi connectivity index (χ3n) is 3.12. The Morgan fingerprint density at radius 2 is 1.67 bits per heavy atom. The van der Waals surface area contributed by atoms with Crippen LogP contribution in [0.1, 0.15) is 19.4 Å². The van der Waals surface area contributed by atoms with Gasteiger partial charge in [0, 0.05) is 10.8 Å². The van der Waals surface area contributed by atoms with Crippen LogP contribution in [0.5, 0.6) is 11.5 Å². The topological polar surface area (TPSA) is 76.0 Å². The van der Waals surface area contributed by atoms with Crippen molar-refractivity contribution >= 4 is 23.7 Å². The van der Waals surface area contributed by atoms with Crippen molar-refractivity contribution in [1.82, 2.24) is 0 Å². The fraction of sp³-hybridized carbons (Fsp3) is 0.333. The second-order valence-electron chi connectivity index (χ2n) is 4.65. The number of aromatic hydroxyl groups is 2. The van der Waals surface area contributed by atoms with Gasteiger partial charge in [0.05, 0.1) is 13.2 Å². The van der Waals surface area contributed by atoms with Crippen molar-refractivity contribution in [3.63, 3.8) is 0 Å². The zero-order valence-corrected chi connectivity index (χ0v) is 13.2. The van der Waals surface area contributed by atoms with Crippen LogP contribution in [0.3, 0.4) is 0 Å². The summed E-state index contributed by atoms with van der Waals surface area (Å²) in [6, 6.07) is 6.48. The van der Waals surface area contributed by atoms with Crippen LogP contribution in [0, 0.1) is 6.92 Å². The van der Waals surface area contributed by atoms with E-state index in [1.165, 1.54) is 6.07 Å². The van der Waals surface area contributed by atoms with E-state index in [4.69, 9.17) is 9.05 Å². The van der Waals surface area contributed by atoms with Crippen LogP contribution in [-0.4, -0.2) is 23.4 Å². The standard InChI is InChI=1S/C15H19O5P/c1-4-19-21(18,20-5-2)14-9-13(16)12-8-10(3)6-7-11(12)15(14)17/h6-9,16-17H,4-5H2,1-3H3. The first kappa shape index (κ1) is 15.8. The number of aryl methyl sites for hydroxylation is 1. The molecule has 0 atom stereocenters. The highest BCUT2D eigenvalue weighted by molar-refractivity contribution is 7.62. The Hall–Kier alpha value is -1.55. The summed E-state index contributed by atoms with van der Waals surface area (Å²) in [5.41, 5.74) is 0.947. The van der Waals surface area contributed by atoms with Crippen LogP contribution >= 0.6 is 7.60 Å². The van der Waals surface area contributed by atoms with E-state index in [1.54, 1.807) is 32.0 Å². The fourth-order valence-corrected chi connectivity index (χ4v) is 3.91. The molecule has 0 amide bonds. The summed E-state index contributed by atoms with van der Waals surface area (Å²) in [4.78, 5) is 0. The van der Waals surface area contributed by atoms with Crippen molar-refractivity contribution in [2.45, 2.75) is 20.8 Å². The lowest BCUT2D eigenvalue weighted by molar-refractivity contribution is 0.229. The van der Waals surface area contributed by atoms with E-state index in [1.807, 2.05) is 6.92 Å². The van der Waals surface area contributed by atoms with E-state index >= 15 is 0 Å². The number of hydrogen-bond donors (Lipinski definition) is 2. The molecule has 0 saturated heterocycles. The van der Waals surface area contributed by atoms with Crippen LogP contribution in [0.2, 0.25) is 0 Å². The molecule has 0 radical (unpaired) electrons. The SMILES string of the molecule is CCOP(=O)(OCC)c1cc(O)c2cc(C)ccc2c1O. The zero-order valence-electron chi connectivity index (χ0n) is 12.3. The summed E-state index contributed by atoms with van der Waals surface area (Å²) < 4.78 is 23.2. The predicted molar refractivity (Wildman–Crippen MR) is 82.5 cm³/mol. The lowest BCUT2D eigenvalue weighted by Gasteiger charge is -2.19. The second-order valence-corrected chi connectivity index (χ2v) is 6.64. The van der Waals surface area contributed by atoms with E-state index in [0.717, 1.165) is 5.56 Å². The van der Waals surface area contributed by atoms with Gasteiger partial charge < -0.3 is 19.3 Å². The molecule has 114 valence electrons. The van der Waals surface area contributed by atoms with Crippen LogP contribution in [0.15, 0.2) is 24.3 Å². The van der Waals surface area contributed by atoms with Gasteiger partial charge in [-0.2, -0.15) is 0 Å². The molecular weight excluding hydrogens is 291 g/mol. The number of phenolic OH excluding ortho intramolecular Hbond substituents is 2. The summed E-state index contributed by atoms with van der Waals surface area (Å²) in [7, 11) is -3.66. The Balaban J connectivity index is 2.72. The van der Waals surface area contributed by atoms with Gasteiger partial charge in [0.2, 0.25) is 0 Å². The molecule has 2 aromatic rings. The van der Waals surface area contributed by atoms with E-state index in [0.29, 0.717) is 10.8 Å². The van der Waals surface area contributed by atoms with Gasteiger partial charge >= 0.3 is 7.60 Å². The number of hydrogen-bond acceptors (Lipinski definition) is 5. The van der Waals surface area contributed by atoms with Crippen molar-refractivity contribution < 1.29 is 23.8 Å². The monoisotopic (exact) mass is 310 g/mol. The summed E-state index contributed by atoms with van der Waals surface area (Å²) in [6.45, 7) is 5.60. The average Bonchev–Trinajstić information content (AvgIpc) is 2.43. The number of benzene rings is 2. The Bertz CT molecular complexity index is 701. The highest BCUT2D eigenvalue weighted by Gasteiger charge is 2.32. The fourth-order valence-electron chi connectivity index (χ4n) is 2.22. The normalized spacial score (nSPS) is 12.0. The molecule has 0 aromatic heterocycles. The zero-order chi connectivity index (χ0) is 15.6. The first-order valence-electron chi connectivity index (χ1n) is 6.78. The maximum Gasteiger partial charge on any atom is 0.365 e. The quantitative estimate of drug-likeness (QED) is 0.653. The molecule has 2 N–H and O–H groups in total. The Labute approximate surface area is 123 Å². The highest BCUT2D eigenvalue weighted by Crippen LogP contribution is 2.51. The van der Waals surface area contributed by atoms with E-state index in [9.17, 15) is 14.8 Å². The van der Waals surface area contributed by atoms with Gasteiger partial charge in [-0.3, -0.25) is 4.57 Å². The molecule has 0 aliphatic carbocycles. The van der Waals surface area contributed by atoms with Crippen LogP contribution in [0.4, 0.5) is 0 Å². The molecule has 0 unspecified atom stereocenters. The molecule has 2 aromatic carbocycles. The van der Waals surface area contributed by atoms with Crippen LogP contribution < -0.4 is 5.30 Å². The largest absolute Gasteiger partial charge is 0.507 e. The van der Waals surface area contributed by atoms with Crippen molar-refractivity contribution in [1.29, 1.82) is 0 Å². The minimum absolute atomic E-state index is 0.0138. The predicted octanol–water partition coefficient (Wildman–Crippen LogP) is 3.45. The number of rotatable bonds is 5. The summed E-state index contributed by atoms with van der Waals surface area (Å²) in [5.74, 6) is -0.255. The van der Waals surface area contributed by atoms with Gasteiger partial charge in [0.25, 0.3) is 0 Å². The molecule has 0 fully saturated rings. The summed E-state index contributed by atoms with van der Waals surface area (Å²) in [6.07, 6.45) is 0. The lowest BCUT2D eigenvalue weighted by Crippen LogP contribution is -2.11. The van der Waals surface area contributed by atoms with E-state index in [-0.39, 0.29) is 30.0 Å². The van der Waals surface area contributed by atoms with Crippen molar-refractivity contribution in [2.24, 2.45) is 0 Å². The first-order valence-corrected chi connectivity index (χ1v) is 8.32. The van der Waals surface area contributed by atoms with Crippen molar-refractivity contribution in [3.05, 3.63) is 29.8 Å². The van der Waals surface area contributed by atoms with Gasteiger partial charge in [-0.05, 0) is 32.9 Å². The number of fused-ring (bicyclic) bond motifs is 1. The molecule has 6 heteroatoms. The first-order chi connectivity index (χ1) is 9.92. The van der Waals surface area contributed by atoms with E-state index in [2.05, 4.69) is 0 Å². The van der Waals surface area contributed by atoms with Crippen LogP contribution in [-0.2, 0) is 13.6 Å². The molecule has 21 heavy (non-hydrogen) atoms. The molecule has 0 heterocycles. The van der Waals surface area contributed by atoms with Gasteiger partial charge in [0.15, 0.2) is 0 Å². The minimum Gasteiger partial charge on any atom is -0.507 e. The Kier molecular flexibility index (Phi) is 4.57. The molecule has 0 bridgehead atoms. The molecule has 2 rings (SSSR count). The molecule has 0 aliphatic rings. The van der Waals surface area contributed by atoms with E-state index < -0.39 is 7.60 Å². The molecule has 0 saturated carbocycles. The molecule has 0 spiro atoms. The summed E-state index contributed by atoms with van der Waals surface area (Å²) in [5, 5.41) is 21.5. The Morgan fingerprint density at radius 1 is 1.05 bits per heavy atom. The van der Waals surface area contributed by atoms with Crippen LogP contribution in [0.25, 0.3) is 10.8 Å². The molecule has 5 nitrogen and oxygen atoms in total. The Morgan fingerprint density at radius 3 is 2.24 bits per heavy atom. The maximum atomic E-state index is 12.8. The third-order valence-corrected chi connectivity index (χ3v) is 5.24. The summed E-state index contributed by atoms with van der Waals surface area (Å²) >= 11 is 0.